The van der Waals surface area contributed by atoms with Gasteiger partial charge in [0, 0.05) is 34.1 Å². The second kappa shape index (κ2) is 10.5. The Bertz CT molecular complexity index is 1520. The van der Waals surface area contributed by atoms with Gasteiger partial charge in [-0.05, 0) is 61.0 Å². The maximum Gasteiger partial charge on any atom is 0.185 e. The van der Waals surface area contributed by atoms with Crippen LogP contribution in [0, 0.1) is 6.92 Å². The van der Waals surface area contributed by atoms with Crippen LogP contribution in [0.1, 0.15) is 21.5 Å². The van der Waals surface area contributed by atoms with Crippen molar-refractivity contribution in [1.82, 2.24) is 4.98 Å². The van der Waals surface area contributed by atoms with Gasteiger partial charge in [-0.3, -0.25) is 4.79 Å². The fourth-order valence-electron chi connectivity index (χ4n) is 4.17. The smallest absolute Gasteiger partial charge is 0.185 e. The molecule has 5 heteroatoms. The van der Waals surface area contributed by atoms with Gasteiger partial charge < -0.3 is 20.1 Å². The molecule has 1 unspecified atom stereocenters. The number of para-hydroxylation sites is 1. The van der Waals surface area contributed by atoms with Crippen molar-refractivity contribution in [2.75, 3.05) is 18.5 Å². The summed E-state index contributed by atoms with van der Waals surface area (Å²) in [6, 6.07) is 29.2. The molecule has 0 saturated carbocycles. The number of ketones is 1. The number of carbonyl (C=O) groups is 1. The standard InChI is InChI=1S/C31H28N2O3/c1-21-9-11-22(12-10-21)13-18-29(35)23-14-16-24(17-15-23)32-19-25(34)20-36-30-8-4-7-28-31(30)26-5-2-3-6-27(26)33-28/h2-18,25,32-34H,19-20H2,1H3/b18-13+. The fourth-order valence-corrected chi connectivity index (χ4v) is 4.17. The van der Waals surface area contributed by atoms with Gasteiger partial charge in [0.05, 0.1) is 5.52 Å². The molecule has 1 atom stereocenters. The van der Waals surface area contributed by atoms with Gasteiger partial charge >= 0.3 is 0 Å². The zero-order chi connectivity index (χ0) is 24.9. The molecule has 1 heterocycles. The van der Waals surface area contributed by atoms with E-state index in [0.717, 1.165) is 38.8 Å². The van der Waals surface area contributed by atoms with Crippen molar-refractivity contribution in [3.05, 3.63) is 114 Å². The minimum absolute atomic E-state index is 0.0537. The van der Waals surface area contributed by atoms with E-state index in [1.807, 2.05) is 85.8 Å². The molecule has 5 aromatic rings. The van der Waals surface area contributed by atoms with E-state index in [0.29, 0.717) is 12.1 Å². The number of nitrogens with one attached hydrogen (secondary N) is 2. The summed E-state index contributed by atoms with van der Waals surface area (Å²) in [7, 11) is 0. The van der Waals surface area contributed by atoms with E-state index in [2.05, 4.69) is 16.4 Å². The summed E-state index contributed by atoms with van der Waals surface area (Å²) in [5, 5.41) is 15.8. The zero-order valence-corrected chi connectivity index (χ0v) is 20.1. The number of aliphatic hydroxyl groups is 1. The molecule has 3 N–H and O–H groups in total. The average molecular weight is 477 g/mol. The molecular weight excluding hydrogens is 448 g/mol. The second-order valence-electron chi connectivity index (χ2n) is 8.88. The lowest BCUT2D eigenvalue weighted by Crippen LogP contribution is -2.26. The van der Waals surface area contributed by atoms with Crippen LogP contribution in [0.4, 0.5) is 5.69 Å². The van der Waals surface area contributed by atoms with Gasteiger partial charge in [0.1, 0.15) is 18.5 Å². The van der Waals surface area contributed by atoms with Crippen molar-refractivity contribution in [2.24, 2.45) is 0 Å². The highest BCUT2D eigenvalue weighted by Gasteiger charge is 2.12. The zero-order valence-electron chi connectivity index (χ0n) is 20.1. The molecule has 0 spiro atoms. The first kappa shape index (κ1) is 23.4. The first-order valence-electron chi connectivity index (χ1n) is 12.0. The summed E-state index contributed by atoms with van der Waals surface area (Å²) in [4.78, 5) is 15.9. The van der Waals surface area contributed by atoms with Crippen molar-refractivity contribution >= 4 is 39.4 Å². The van der Waals surface area contributed by atoms with Gasteiger partial charge in [0.25, 0.3) is 0 Å². The molecule has 36 heavy (non-hydrogen) atoms. The van der Waals surface area contributed by atoms with Gasteiger partial charge in [0.15, 0.2) is 5.78 Å². The molecule has 0 saturated heterocycles. The summed E-state index contributed by atoms with van der Waals surface area (Å²) in [6.45, 7) is 2.52. The highest BCUT2D eigenvalue weighted by molar-refractivity contribution is 6.10. The molecule has 1 aromatic heterocycles. The molecular formula is C31H28N2O3. The summed E-state index contributed by atoms with van der Waals surface area (Å²) < 4.78 is 5.99. The van der Waals surface area contributed by atoms with Crippen molar-refractivity contribution in [3.63, 3.8) is 0 Å². The lowest BCUT2D eigenvalue weighted by Gasteiger charge is -2.15. The summed E-state index contributed by atoms with van der Waals surface area (Å²) in [6.07, 6.45) is 2.70. The summed E-state index contributed by atoms with van der Waals surface area (Å²) in [5.41, 5.74) is 5.67. The van der Waals surface area contributed by atoms with Crippen LogP contribution in [0.2, 0.25) is 0 Å². The fraction of sp³-hybridized carbons (Fsp3) is 0.129. The molecule has 0 aliphatic rings. The number of hydrogen-bond donors (Lipinski definition) is 3. The van der Waals surface area contributed by atoms with Crippen LogP contribution in [0.25, 0.3) is 27.9 Å². The van der Waals surface area contributed by atoms with Crippen LogP contribution in [0.5, 0.6) is 5.75 Å². The van der Waals surface area contributed by atoms with E-state index in [1.54, 1.807) is 18.2 Å². The average Bonchev–Trinajstić information content (AvgIpc) is 3.30. The number of aromatic amines is 1. The lowest BCUT2D eigenvalue weighted by molar-refractivity contribution is 0.104. The maximum absolute atomic E-state index is 12.5. The van der Waals surface area contributed by atoms with Crippen LogP contribution in [-0.4, -0.2) is 35.1 Å². The van der Waals surface area contributed by atoms with E-state index in [4.69, 9.17) is 4.74 Å². The molecule has 0 bridgehead atoms. The lowest BCUT2D eigenvalue weighted by atomic mass is 10.1. The molecule has 5 nitrogen and oxygen atoms in total. The molecule has 0 fully saturated rings. The van der Waals surface area contributed by atoms with E-state index >= 15 is 0 Å². The normalized spacial score (nSPS) is 12.3. The Morgan fingerprint density at radius 1 is 0.944 bits per heavy atom. The number of aryl methyl sites for hydroxylation is 1. The third-order valence-electron chi connectivity index (χ3n) is 6.14. The molecule has 0 radical (unpaired) electrons. The van der Waals surface area contributed by atoms with E-state index in [-0.39, 0.29) is 12.4 Å². The first-order chi connectivity index (χ1) is 17.6. The molecule has 0 aliphatic carbocycles. The number of hydrogen-bond acceptors (Lipinski definition) is 4. The Hall–Kier alpha value is -4.35. The largest absolute Gasteiger partial charge is 0.490 e. The monoisotopic (exact) mass is 476 g/mol. The summed E-state index contributed by atoms with van der Waals surface area (Å²) >= 11 is 0. The molecule has 0 aliphatic heterocycles. The van der Waals surface area contributed by atoms with E-state index in [1.165, 1.54) is 5.56 Å². The highest BCUT2D eigenvalue weighted by Crippen LogP contribution is 2.33. The van der Waals surface area contributed by atoms with Gasteiger partial charge in [-0.1, -0.05) is 60.2 Å². The van der Waals surface area contributed by atoms with Crippen LogP contribution >= 0.6 is 0 Å². The Morgan fingerprint density at radius 3 is 2.50 bits per heavy atom. The van der Waals surface area contributed by atoms with Crippen molar-refractivity contribution < 1.29 is 14.6 Å². The summed E-state index contributed by atoms with van der Waals surface area (Å²) in [5.74, 6) is 0.688. The topological polar surface area (TPSA) is 74.3 Å². The Morgan fingerprint density at radius 2 is 1.69 bits per heavy atom. The quantitative estimate of drug-likeness (QED) is 0.171. The van der Waals surface area contributed by atoms with E-state index in [9.17, 15) is 9.90 Å². The first-order valence-corrected chi connectivity index (χ1v) is 12.0. The molecule has 4 aromatic carbocycles. The minimum atomic E-state index is -0.704. The number of anilines is 1. The number of carbonyl (C=O) groups excluding carboxylic acids is 1. The Labute approximate surface area is 210 Å². The maximum atomic E-state index is 12.5. The van der Waals surface area contributed by atoms with E-state index < -0.39 is 6.10 Å². The van der Waals surface area contributed by atoms with Crippen molar-refractivity contribution in [1.29, 1.82) is 0 Å². The van der Waals surface area contributed by atoms with Gasteiger partial charge in [0.2, 0.25) is 0 Å². The predicted molar refractivity (Wildman–Crippen MR) is 147 cm³/mol. The van der Waals surface area contributed by atoms with Crippen LogP contribution in [0.3, 0.4) is 0 Å². The number of allylic oxidation sites excluding steroid dienone is 1. The van der Waals surface area contributed by atoms with Gasteiger partial charge in [-0.25, -0.2) is 0 Å². The number of fused-ring (bicyclic) bond motifs is 3. The Kier molecular flexibility index (Phi) is 6.83. The SMILES string of the molecule is Cc1ccc(/C=C/C(=O)c2ccc(NCC(O)COc3cccc4[nH]c5ccccc5c34)cc2)cc1. The van der Waals surface area contributed by atoms with Crippen molar-refractivity contribution in [2.45, 2.75) is 13.0 Å². The highest BCUT2D eigenvalue weighted by atomic mass is 16.5. The third kappa shape index (κ3) is 5.32. The number of aromatic nitrogens is 1. The van der Waals surface area contributed by atoms with Gasteiger partial charge in [-0.2, -0.15) is 0 Å². The third-order valence-corrected chi connectivity index (χ3v) is 6.14. The number of ether oxygens (including phenoxy) is 1. The predicted octanol–water partition coefficient (Wildman–Crippen LogP) is 6.38. The van der Waals surface area contributed by atoms with Gasteiger partial charge in [-0.15, -0.1) is 0 Å². The van der Waals surface area contributed by atoms with Crippen LogP contribution in [0.15, 0.2) is 97.1 Å². The molecule has 180 valence electrons. The number of aliphatic hydroxyl groups excluding tert-OH is 1. The molecule has 5 rings (SSSR count). The molecule has 0 amide bonds. The number of rotatable bonds is 9. The number of H-pyrrole nitrogens is 1. The van der Waals surface area contributed by atoms with Crippen molar-refractivity contribution in [3.8, 4) is 5.75 Å². The second-order valence-corrected chi connectivity index (χ2v) is 8.88. The minimum Gasteiger partial charge on any atom is -0.490 e. The Balaban J connectivity index is 1.15. The van der Waals surface area contributed by atoms with Crippen LogP contribution in [-0.2, 0) is 0 Å². The van der Waals surface area contributed by atoms with Crippen LogP contribution < -0.4 is 10.1 Å². The number of benzene rings is 4.